The van der Waals surface area contributed by atoms with Crippen LogP contribution in [0.3, 0.4) is 0 Å². The second-order valence-electron chi connectivity index (χ2n) is 14.0. The molecule has 0 unspecified atom stereocenters. The molecule has 0 spiro atoms. The Morgan fingerprint density at radius 2 is 1.14 bits per heavy atom. The number of ether oxygens (including phenoxy) is 1. The lowest BCUT2D eigenvalue weighted by Crippen LogP contribution is -2.52. The van der Waals surface area contributed by atoms with Gasteiger partial charge in [0, 0.05) is 34.7 Å². The molecule has 3 rings (SSSR count). The van der Waals surface area contributed by atoms with Crippen LogP contribution in [0.25, 0.3) is 0 Å². The van der Waals surface area contributed by atoms with Gasteiger partial charge in [0.25, 0.3) is 5.91 Å². The van der Waals surface area contributed by atoms with Crippen LogP contribution in [0.5, 0.6) is 5.75 Å². The molecule has 43 heavy (non-hydrogen) atoms. The van der Waals surface area contributed by atoms with Crippen molar-refractivity contribution in [2.24, 2.45) is 0 Å². The summed E-state index contributed by atoms with van der Waals surface area (Å²) in [6.45, 7) is 23.5. The van der Waals surface area contributed by atoms with Crippen LogP contribution < -0.4 is 26.0 Å². The molecule has 0 aliphatic rings. The average molecular weight is 599 g/mol. The summed E-state index contributed by atoms with van der Waals surface area (Å²) in [5.74, 6) is 2.77. The maximum Gasteiger partial charge on any atom is 0.250 e. The Hall–Kier alpha value is -3.86. The highest BCUT2D eigenvalue weighted by molar-refractivity contribution is 5.99. The first-order chi connectivity index (χ1) is 19.6. The van der Waals surface area contributed by atoms with E-state index in [1.54, 1.807) is 33.1 Å². The second-order valence-corrected chi connectivity index (χ2v) is 14.0. The molecule has 11 heteroatoms. The number of nitrogens with one attached hydrogen (secondary N) is 4. The standard InChI is InChI=1S/C18H25N3O3.C14H25N3O2/c1-17(2,3)14-11-15(21-24-14)19-16(22)18(4,5)20-12-7-9-13(23-6)10-8-12;1-9(2)16-14(6,7)12(18)15-11-8-10(19-17-11)13(3,4)5/h7-11,20H,1-6H3,(H,19,21,22);8-9,16H,1-7H3,(H,15,17,18). The SMILES string of the molecule is CC(C)NC(C)(C)C(=O)Nc1cc(C(C)(C)C)on1.COc1ccc(NC(C)(C)C(=O)Nc2cc(C(C)(C)C)on2)cc1. The van der Waals surface area contributed by atoms with E-state index >= 15 is 0 Å². The van der Waals surface area contributed by atoms with Gasteiger partial charge in [-0.2, -0.15) is 0 Å². The Kier molecular flexibility index (Phi) is 11.2. The lowest BCUT2D eigenvalue weighted by atomic mass is 9.93. The molecule has 1 aromatic carbocycles. The molecule has 0 aliphatic heterocycles. The van der Waals surface area contributed by atoms with Gasteiger partial charge in [-0.05, 0) is 65.8 Å². The van der Waals surface area contributed by atoms with Crippen molar-refractivity contribution in [1.29, 1.82) is 0 Å². The van der Waals surface area contributed by atoms with Crippen LogP contribution in [0.15, 0.2) is 45.4 Å². The van der Waals surface area contributed by atoms with E-state index < -0.39 is 11.1 Å². The smallest absolute Gasteiger partial charge is 0.250 e. The predicted molar refractivity (Wildman–Crippen MR) is 171 cm³/mol. The summed E-state index contributed by atoms with van der Waals surface area (Å²) in [5.41, 5.74) is -0.939. The molecule has 0 saturated carbocycles. The third-order valence-corrected chi connectivity index (χ3v) is 6.31. The first kappa shape index (κ1) is 35.3. The lowest BCUT2D eigenvalue weighted by Gasteiger charge is -2.26. The van der Waals surface area contributed by atoms with E-state index in [9.17, 15) is 9.59 Å². The molecular formula is C32H50N6O5. The van der Waals surface area contributed by atoms with Crippen LogP contribution in [0.2, 0.25) is 0 Å². The molecule has 0 radical (unpaired) electrons. The van der Waals surface area contributed by atoms with Crippen molar-refractivity contribution in [2.75, 3.05) is 23.1 Å². The molecule has 11 nitrogen and oxygen atoms in total. The zero-order chi connectivity index (χ0) is 32.8. The van der Waals surface area contributed by atoms with E-state index in [-0.39, 0.29) is 28.7 Å². The molecule has 0 saturated heterocycles. The minimum absolute atomic E-state index is 0.123. The fourth-order valence-corrected chi connectivity index (χ4v) is 3.80. The van der Waals surface area contributed by atoms with Gasteiger partial charge in [0.15, 0.2) is 11.6 Å². The highest BCUT2D eigenvalue weighted by atomic mass is 16.5. The zero-order valence-electron chi connectivity index (χ0n) is 28.0. The highest BCUT2D eigenvalue weighted by Gasteiger charge is 2.30. The number of methoxy groups -OCH3 is 1. The molecule has 3 aromatic rings. The first-order valence-electron chi connectivity index (χ1n) is 14.4. The minimum Gasteiger partial charge on any atom is -0.497 e. The summed E-state index contributed by atoms with van der Waals surface area (Å²) in [6, 6.07) is 11.1. The van der Waals surface area contributed by atoms with Gasteiger partial charge < -0.3 is 35.1 Å². The van der Waals surface area contributed by atoms with E-state index in [0.717, 1.165) is 23.0 Å². The topological polar surface area (TPSA) is 144 Å². The van der Waals surface area contributed by atoms with Gasteiger partial charge in [-0.25, -0.2) is 0 Å². The maximum absolute atomic E-state index is 12.5. The van der Waals surface area contributed by atoms with Crippen LogP contribution in [-0.2, 0) is 20.4 Å². The number of hydrogen-bond donors (Lipinski definition) is 4. The van der Waals surface area contributed by atoms with Crippen LogP contribution in [0.4, 0.5) is 17.3 Å². The van der Waals surface area contributed by atoms with Crippen molar-refractivity contribution >= 4 is 29.1 Å². The molecule has 2 aromatic heterocycles. The molecule has 0 atom stereocenters. The zero-order valence-corrected chi connectivity index (χ0v) is 28.0. The lowest BCUT2D eigenvalue weighted by molar-refractivity contribution is -0.121. The Morgan fingerprint density at radius 1 is 0.721 bits per heavy atom. The molecule has 4 N–H and O–H groups in total. The van der Waals surface area contributed by atoms with Crippen molar-refractivity contribution in [2.45, 2.75) is 111 Å². The number of anilines is 3. The number of amides is 2. The third kappa shape index (κ3) is 10.7. The van der Waals surface area contributed by atoms with Crippen molar-refractivity contribution in [3.05, 3.63) is 47.9 Å². The highest BCUT2D eigenvalue weighted by Crippen LogP contribution is 2.26. The monoisotopic (exact) mass is 598 g/mol. The third-order valence-electron chi connectivity index (χ3n) is 6.31. The van der Waals surface area contributed by atoms with Crippen LogP contribution in [0, 0.1) is 0 Å². The maximum atomic E-state index is 12.5. The number of rotatable bonds is 9. The number of benzene rings is 1. The predicted octanol–water partition coefficient (Wildman–Crippen LogP) is 6.50. The molecular weight excluding hydrogens is 548 g/mol. The van der Waals surface area contributed by atoms with Gasteiger partial charge in [-0.1, -0.05) is 51.9 Å². The largest absolute Gasteiger partial charge is 0.497 e. The number of aromatic nitrogens is 2. The van der Waals surface area contributed by atoms with Gasteiger partial charge in [-0.15, -0.1) is 0 Å². The molecule has 0 fully saturated rings. The number of nitrogens with zero attached hydrogens (tertiary/aromatic N) is 2. The molecule has 2 amide bonds. The molecule has 0 bridgehead atoms. The van der Waals surface area contributed by atoms with Crippen LogP contribution in [0.1, 0.15) is 94.6 Å². The molecule has 0 aliphatic carbocycles. The van der Waals surface area contributed by atoms with Crippen LogP contribution in [-0.4, -0.2) is 46.4 Å². The second kappa shape index (κ2) is 13.6. The summed E-state index contributed by atoms with van der Waals surface area (Å²) in [7, 11) is 1.61. The summed E-state index contributed by atoms with van der Waals surface area (Å²) in [5, 5.41) is 19.8. The van der Waals surface area contributed by atoms with Gasteiger partial charge in [0.1, 0.15) is 22.8 Å². The molecule has 2 heterocycles. The number of hydrogen-bond acceptors (Lipinski definition) is 9. The van der Waals surface area contributed by atoms with E-state index in [4.69, 9.17) is 13.8 Å². The van der Waals surface area contributed by atoms with Crippen molar-refractivity contribution in [3.63, 3.8) is 0 Å². The number of carbonyl (C=O) groups excluding carboxylic acids is 2. The van der Waals surface area contributed by atoms with Crippen LogP contribution >= 0.6 is 0 Å². The summed E-state index contributed by atoms with van der Waals surface area (Å²) in [6.07, 6.45) is 0. The van der Waals surface area contributed by atoms with E-state index in [2.05, 4.69) is 31.6 Å². The first-order valence-corrected chi connectivity index (χ1v) is 14.4. The van der Waals surface area contributed by atoms with E-state index in [0.29, 0.717) is 11.6 Å². The summed E-state index contributed by atoms with van der Waals surface area (Å²) >= 11 is 0. The summed E-state index contributed by atoms with van der Waals surface area (Å²) < 4.78 is 15.7. The summed E-state index contributed by atoms with van der Waals surface area (Å²) in [4.78, 5) is 24.7. The quantitative estimate of drug-likeness (QED) is 0.217. The van der Waals surface area contributed by atoms with Crippen molar-refractivity contribution in [1.82, 2.24) is 15.6 Å². The van der Waals surface area contributed by atoms with Gasteiger partial charge in [0.05, 0.1) is 12.6 Å². The fourth-order valence-electron chi connectivity index (χ4n) is 3.80. The fraction of sp³-hybridized carbons (Fsp3) is 0.562. The van der Waals surface area contributed by atoms with E-state index in [1.165, 1.54) is 0 Å². The van der Waals surface area contributed by atoms with Crippen molar-refractivity contribution in [3.8, 4) is 5.75 Å². The van der Waals surface area contributed by atoms with Crippen molar-refractivity contribution < 1.29 is 23.4 Å². The number of carbonyl (C=O) groups is 2. The Bertz CT molecular complexity index is 1340. The van der Waals surface area contributed by atoms with Gasteiger partial charge in [-0.3, -0.25) is 9.59 Å². The molecule has 238 valence electrons. The van der Waals surface area contributed by atoms with Gasteiger partial charge >= 0.3 is 0 Å². The Balaban J connectivity index is 0.000000309. The normalized spacial score (nSPS) is 12.3. The Labute approximate surface area is 255 Å². The van der Waals surface area contributed by atoms with E-state index in [1.807, 2.05) is 93.5 Å². The van der Waals surface area contributed by atoms with Gasteiger partial charge in [0.2, 0.25) is 5.91 Å². The Morgan fingerprint density at radius 3 is 1.49 bits per heavy atom. The minimum atomic E-state index is -0.824. The average Bonchev–Trinajstić information content (AvgIpc) is 3.54.